The molecule has 0 radical (unpaired) electrons. The summed E-state index contributed by atoms with van der Waals surface area (Å²) >= 11 is 0. The predicted molar refractivity (Wildman–Crippen MR) is 78.1 cm³/mol. The van der Waals surface area contributed by atoms with Gasteiger partial charge >= 0.3 is 0 Å². The average molecular weight is 290 g/mol. The van der Waals surface area contributed by atoms with Gasteiger partial charge in [0.1, 0.15) is 11.5 Å². The van der Waals surface area contributed by atoms with Gasteiger partial charge in [-0.05, 0) is 24.6 Å². The molecule has 2 rings (SSSR count). The van der Waals surface area contributed by atoms with Gasteiger partial charge in [-0.1, -0.05) is 12.1 Å². The van der Waals surface area contributed by atoms with Gasteiger partial charge in [-0.2, -0.15) is 0 Å². The molecule has 0 spiro atoms. The fraction of sp³-hybridized carbons (Fsp3) is 0.333. The molecule has 5 nitrogen and oxygen atoms in total. The first kappa shape index (κ1) is 15.2. The Bertz CT molecular complexity index is 611. The molecule has 1 aromatic heterocycles. The fourth-order valence-electron chi connectivity index (χ4n) is 2.09. The zero-order chi connectivity index (χ0) is 15.2. The molecule has 2 aromatic rings. The van der Waals surface area contributed by atoms with E-state index in [0.29, 0.717) is 31.9 Å². The van der Waals surface area contributed by atoms with Gasteiger partial charge in [0.05, 0.1) is 6.33 Å². The summed E-state index contributed by atoms with van der Waals surface area (Å²) < 4.78 is 15.0. The number of hydrogen-bond donors (Lipinski definition) is 1. The van der Waals surface area contributed by atoms with Crippen molar-refractivity contribution in [3.63, 3.8) is 0 Å². The molecule has 1 aromatic carbocycles. The quantitative estimate of drug-likeness (QED) is 0.879. The van der Waals surface area contributed by atoms with E-state index in [-0.39, 0.29) is 11.7 Å². The number of nitrogens with zero attached hydrogens (tertiary/aromatic N) is 3. The Kier molecular flexibility index (Phi) is 5.05. The lowest BCUT2D eigenvalue weighted by Gasteiger charge is -2.20. The molecule has 0 saturated carbocycles. The number of halogens is 1. The minimum absolute atomic E-state index is 0.169. The molecule has 0 saturated heterocycles. The number of amides is 1. The predicted octanol–water partition coefficient (Wildman–Crippen LogP) is 1.64. The molecule has 112 valence electrons. The lowest BCUT2D eigenvalue weighted by atomic mass is 10.2. The Hall–Kier alpha value is -2.21. The van der Waals surface area contributed by atoms with Crippen molar-refractivity contribution in [1.29, 1.82) is 0 Å². The zero-order valence-corrected chi connectivity index (χ0v) is 12.0. The fourth-order valence-corrected chi connectivity index (χ4v) is 2.09. The smallest absolute Gasteiger partial charge is 0.274 e. The SMILES string of the molecule is CCN(Cc1cccc(F)c1)C(=O)c1cn(CCN)cn1. The number of hydrogen-bond acceptors (Lipinski definition) is 3. The largest absolute Gasteiger partial charge is 0.335 e. The molecule has 2 N–H and O–H groups in total. The van der Waals surface area contributed by atoms with Crippen LogP contribution in [0.1, 0.15) is 23.0 Å². The van der Waals surface area contributed by atoms with Gasteiger partial charge in [0, 0.05) is 32.4 Å². The van der Waals surface area contributed by atoms with Crippen molar-refractivity contribution in [2.24, 2.45) is 5.73 Å². The molecule has 0 aliphatic rings. The summed E-state index contributed by atoms with van der Waals surface area (Å²) in [6, 6.07) is 6.25. The van der Waals surface area contributed by atoms with Gasteiger partial charge < -0.3 is 15.2 Å². The zero-order valence-electron chi connectivity index (χ0n) is 12.0. The second-order valence-corrected chi connectivity index (χ2v) is 4.73. The Morgan fingerprint density at radius 3 is 2.95 bits per heavy atom. The molecule has 21 heavy (non-hydrogen) atoms. The van der Waals surface area contributed by atoms with E-state index in [4.69, 9.17) is 5.73 Å². The first-order chi connectivity index (χ1) is 10.1. The highest BCUT2D eigenvalue weighted by molar-refractivity contribution is 5.92. The second-order valence-electron chi connectivity index (χ2n) is 4.73. The van der Waals surface area contributed by atoms with Gasteiger partial charge in [0.25, 0.3) is 5.91 Å². The summed E-state index contributed by atoms with van der Waals surface area (Å²) in [6.07, 6.45) is 3.28. The number of benzene rings is 1. The molecular formula is C15H19FN4O. The van der Waals surface area contributed by atoms with Crippen LogP contribution in [0.4, 0.5) is 4.39 Å². The van der Waals surface area contributed by atoms with Crippen LogP contribution in [0.3, 0.4) is 0 Å². The molecule has 1 heterocycles. The maximum absolute atomic E-state index is 13.2. The lowest BCUT2D eigenvalue weighted by Crippen LogP contribution is -2.30. The summed E-state index contributed by atoms with van der Waals surface area (Å²) in [6.45, 7) is 3.88. The highest BCUT2D eigenvalue weighted by Crippen LogP contribution is 2.10. The van der Waals surface area contributed by atoms with Crippen LogP contribution in [-0.2, 0) is 13.1 Å². The maximum Gasteiger partial charge on any atom is 0.274 e. The van der Waals surface area contributed by atoms with Gasteiger partial charge in [-0.3, -0.25) is 4.79 Å². The van der Waals surface area contributed by atoms with Crippen LogP contribution in [0.25, 0.3) is 0 Å². The number of nitrogens with two attached hydrogens (primary N) is 1. The van der Waals surface area contributed by atoms with E-state index in [1.807, 2.05) is 6.92 Å². The summed E-state index contributed by atoms with van der Waals surface area (Å²) in [5, 5.41) is 0. The topological polar surface area (TPSA) is 64.2 Å². The lowest BCUT2D eigenvalue weighted by molar-refractivity contribution is 0.0747. The summed E-state index contributed by atoms with van der Waals surface area (Å²) in [7, 11) is 0. The van der Waals surface area contributed by atoms with Crippen molar-refractivity contribution in [3.05, 3.63) is 53.9 Å². The maximum atomic E-state index is 13.2. The minimum atomic E-state index is -0.303. The van der Waals surface area contributed by atoms with Crippen molar-refractivity contribution in [2.45, 2.75) is 20.0 Å². The third-order valence-corrected chi connectivity index (χ3v) is 3.17. The van der Waals surface area contributed by atoms with Gasteiger partial charge in [0.2, 0.25) is 0 Å². The van der Waals surface area contributed by atoms with Gasteiger partial charge in [-0.25, -0.2) is 9.37 Å². The number of imidazole rings is 1. The summed E-state index contributed by atoms with van der Waals surface area (Å²) in [5.74, 6) is -0.472. The Morgan fingerprint density at radius 2 is 2.29 bits per heavy atom. The Balaban J connectivity index is 2.10. The number of rotatable bonds is 6. The van der Waals surface area contributed by atoms with Crippen LogP contribution in [0.15, 0.2) is 36.8 Å². The number of carbonyl (C=O) groups excluding carboxylic acids is 1. The van der Waals surface area contributed by atoms with E-state index in [9.17, 15) is 9.18 Å². The molecule has 0 aliphatic carbocycles. The molecule has 0 aliphatic heterocycles. The highest BCUT2D eigenvalue weighted by Gasteiger charge is 2.17. The van der Waals surface area contributed by atoms with E-state index in [1.165, 1.54) is 12.1 Å². The second kappa shape index (κ2) is 6.99. The standard InChI is InChI=1S/C15H19FN4O/c1-2-20(9-12-4-3-5-13(16)8-12)15(21)14-10-19(7-6-17)11-18-14/h3-5,8,10-11H,2,6-7,9,17H2,1H3. The average Bonchev–Trinajstić information content (AvgIpc) is 2.93. The van der Waals surface area contributed by atoms with Gasteiger partial charge in [-0.15, -0.1) is 0 Å². The van der Waals surface area contributed by atoms with Crippen LogP contribution in [0.5, 0.6) is 0 Å². The van der Waals surface area contributed by atoms with Crippen molar-refractivity contribution in [3.8, 4) is 0 Å². The van der Waals surface area contributed by atoms with E-state index in [2.05, 4.69) is 4.98 Å². The van der Waals surface area contributed by atoms with E-state index in [0.717, 1.165) is 5.56 Å². The molecule has 0 atom stereocenters. The van der Waals surface area contributed by atoms with Crippen LogP contribution >= 0.6 is 0 Å². The third kappa shape index (κ3) is 3.88. The molecule has 6 heteroatoms. The molecule has 1 amide bonds. The van der Waals surface area contributed by atoms with Crippen LogP contribution in [0.2, 0.25) is 0 Å². The Morgan fingerprint density at radius 1 is 1.48 bits per heavy atom. The number of carbonyl (C=O) groups is 1. The van der Waals surface area contributed by atoms with Crippen LogP contribution in [0, 0.1) is 5.82 Å². The monoisotopic (exact) mass is 290 g/mol. The third-order valence-electron chi connectivity index (χ3n) is 3.17. The molecule has 0 bridgehead atoms. The van der Waals surface area contributed by atoms with Crippen molar-refractivity contribution in [2.75, 3.05) is 13.1 Å². The van der Waals surface area contributed by atoms with Crippen molar-refractivity contribution in [1.82, 2.24) is 14.5 Å². The molecular weight excluding hydrogens is 271 g/mol. The summed E-state index contributed by atoms with van der Waals surface area (Å²) in [5.41, 5.74) is 6.60. The van der Waals surface area contributed by atoms with Gasteiger partial charge in [0.15, 0.2) is 0 Å². The Labute approximate surface area is 123 Å². The van der Waals surface area contributed by atoms with E-state index >= 15 is 0 Å². The van der Waals surface area contributed by atoms with Crippen LogP contribution in [-0.4, -0.2) is 33.4 Å². The normalized spacial score (nSPS) is 10.6. The first-order valence-electron chi connectivity index (χ1n) is 6.89. The first-order valence-corrected chi connectivity index (χ1v) is 6.89. The van der Waals surface area contributed by atoms with E-state index < -0.39 is 0 Å². The summed E-state index contributed by atoms with van der Waals surface area (Å²) in [4.78, 5) is 18.1. The van der Waals surface area contributed by atoms with Crippen molar-refractivity contribution < 1.29 is 9.18 Å². The molecule has 0 fully saturated rings. The highest BCUT2D eigenvalue weighted by atomic mass is 19.1. The van der Waals surface area contributed by atoms with Crippen molar-refractivity contribution >= 4 is 5.91 Å². The molecule has 0 unspecified atom stereocenters. The van der Waals surface area contributed by atoms with Crippen LogP contribution < -0.4 is 5.73 Å². The minimum Gasteiger partial charge on any atom is -0.335 e. The van der Waals surface area contributed by atoms with E-state index in [1.54, 1.807) is 34.1 Å². The number of aromatic nitrogens is 2.